The molecule has 2 N–H and O–H groups in total. The molecule has 1 atom stereocenters. The SMILES string of the molecule is Cl.Cl.Nc1cccc(C(=O)N2CCC(CN3CCCC3)C2)c1. The van der Waals surface area contributed by atoms with Crippen LogP contribution in [0, 0.1) is 5.92 Å². The molecule has 2 heterocycles. The van der Waals surface area contributed by atoms with E-state index in [0.29, 0.717) is 17.2 Å². The summed E-state index contributed by atoms with van der Waals surface area (Å²) in [5.41, 5.74) is 7.12. The number of nitrogens with zero attached hydrogens (tertiary/aromatic N) is 2. The van der Waals surface area contributed by atoms with Crippen molar-refractivity contribution in [2.45, 2.75) is 19.3 Å². The molecule has 3 rings (SSSR count). The summed E-state index contributed by atoms with van der Waals surface area (Å²) in [5.74, 6) is 0.763. The highest BCUT2D eigenvalue weighted by molar-refractivity contribution is 5.95. The third-order valence-corrected chi connectivity index (χ3v) is 4.42. The zero-order valence-electron chi connectivity index (χ0n) is 12.7. The van der Waals surface area contributed by atoms with E-state index in [9.17, 15) is 4.79 Å². The van der Waals surface area contributed by atoms with Crippen LogP contribution in [-0.4, -0.2) is 48.4 Å². The number of halogens is 2. The third-order valence-electron chi connectivity index (χ3n) is 4.42. The van der Waals surface area contributed by atoms with Gasteiger partial charge in [0.15, 0.2) is 0 Å². The zero-order valence-corrected chi connectivity index (χ0v) is 14.4. The van der Waals surface area contributed by atoms with Crippen molar-refractivity contribution in [3.05, 3.63) is 29.8 Å². The molecule has 1 amide bonds. The molecule has 6 heteroatoms. The first-order valence-electron chi connectivity index (χ1n) is 7.59. The number of rotatable bonds is 3. The number of carbonyl (C=O) groups excluding carboxylic acids is 1. The van der Waals surface area contributed by atoms with E-state index >= 15 is 0 Å². The molecule has 0 saturated carbocycles. The van der Waals surface area contributed by atoms with E-state index in [1.165, 1.54) is 25.9 Å². The van der Waals surface area contributed by atoms with Gasteiger partial charge in [0.2, 0.25) is 0 Å². The summed E-state index contributed by atoms with van der Waals surface area (Å²) < 4.78 is 0. The molecule has 2 fully saturated rings. The van der Waals surface area contributed by atoms with E-state index in [-0.39, 0.29) is 30.7 Å². The highest BCUT2D eigenvalue weighted by atomic mass is 35.5. The van der Waals surface area contributed by atoms with Crippen molar-refractivity contribution >= 4 is 36.4 Å². The lowest BCUT2D eigenvalue weighted by Crippen LogP contribution is -2.32. The number of likely N-dealkylation sites (tertiary alicyclic amines) is 2. The monoisotopic (exact) mass is 345 g/mol. The first-order chi connectivity index (χ1) is 9.72. The Hall–Kier alpha value is -0.970. The maximum atomic E-state index is 12.4. The van der Waals surface area contributed by atoms with Crippen LogP contribution < -0.4 is 5.73 Å². The molecule has 0 bridgehead atoms. The molecule has 2 saturated heterocycles. The standard InChI is InChI=1S/C16H23N3O.2ClH/c17-15-5-3-4-14(10-15)16(20)19-9-6-13(12-19)11-18-7-1-2-8-18;;/h3-5,10,13H,1-2,6-9,11-12,17H2;2*1H. The largest absolute Gasteiger partial charge is 0.399 e. The number of carbonyl (C=O) groups is 1. The van der Waals surface area contributed by atoms with Gasteiger partial charge in [-0.25, -0.2) is 0 Å². The Morgan fingerprint density at radius 3 is 2.59 bits per heavy atom. The van der Waals surface area contributed by atoms with Gasteiger partial charge in [-0.1, -0.05) is 6.07 Å². The Balaban J connectivity index is 0.00000121. The average molecular weight is 346 g/mol. The molecule has 4 nitrogen and oxygen atoms in total. The number of benzene rings is 1. The van der Waals surface area contributed by atoms with Gasteiger partial charge in [-0.2, -0.15) is 0 Å². The Morgan fingerprint density at radius 1 is 1.18 bits per heavy atom. The molecular formula is C16H25Cl2N3O. The van der Waals surface area contributed by atoms with Crippen molar-refractivity contribution < 1.29 is 4.79 Å². The highest BCUT2D eigenvalue weighted by Gasteiger charge is 2.28. The molecule has 2 aliphatic rings. The van der Waals surface area contributed by atoms with Crippen LogP contribution in [0.3, 0.4) is 0 Å². The number of nitrogen functional groups attached to an aromatic ring is 1. The predicted molar refractivity (Wildman–Crippen MR) is 95.0 cm³/mol. The second-order valence-corrected chi connectivity index (χ2v) is 6.04. The molecule has 0 aliphatic carbocycles. The van der Waals surface area contributed by atoms with E-state index in [4.69, 9.17) is 5.73 Å². The maximum absolute atomic E-state index is 12.4. The van der Waals surface area contributed by atoms with Crippen molar-refractivity contribution in [3.63, 3.8) is 0 Å². The summed E-state index contributed by atoms with van der Waals surface area (Å²) in [6.45, 7) is 5.40. The molecule has 124 valence electrons. The fraction of sp³-hybridized carbons (Fsp3) is 0.562. The molecule has 1 unspecified atom stereocenters. The molecule has 0 aromatic heterocycles. The Bertz CT molecular complexity index is 492. The Labute approximate surface area is 144 Å². The van der Waals surface area contributed by atoms with Gasteiger partial charge >= 0.3 is 0 Å². The number of anilines is 1. The lowest BCUT2D eigenvalue weighted by molar-refractivity contribution is 0.0784. The predicted octanol–water partition coefficient (Wildman–Crippen LogP) is 2.67. The molecule has 2 aliphatic heterocycles. The van der Waals surface area contributed by atoms with Crippen molar-refractivity contribution in [3.8, 4) is 0 Å². The minimum atomic E-state index is 0. The minimum Gasteiger partial charge on any atom is -0.399 e. The molecule has 22 heavy (non-hydrogen) atoms. The molecule has 0 spiro atoms. The summed E-state index contributed by atoms with van der Waals surface area (Å²) in [7, 11) is 0. The van der Waals surface area contributed by atoms with E-state index in [2.05, 4.69) is 4.90 Å². The second-order valence-electron chi connectivity index (χ2n) is 6.04. The van der Waals surface area contributed by atoms with Gasteiger partial charge in [0.1, 0.15) is 0 Å². The Morgan fingerprint density at radius 2 is 1.91 bits per heavy atom. The van der Waals surface area contributed by atoms with Gasteiger partial charge < -0.3 is 15.5 Å². The van der Waals surface area contributed by atoms with Crippen molar-refractivity contribution in [1.29, 1.82) is 0 Å². The van der Waals surface area contributed by atoms with Crippen molar-refractivity contribution in [1.82, 2.24) is 9.80 Å². The first kappa shape index (κ1) is 19.1. The lowest BCUT2D eigenvalue weighted by Gasteiger charge is -2.20. The third kappa shape index (κ3) is 4.51. The summed E-state index contributed by atoms with van der Waals surface area (Å²) in [4.78, 5) is 17.0. The fourth-order valence-corrected chi connectivity index (χ4v) is 3.35. The van der Waals surface area contributed by atoms with Crippen LogP contribution in [0.4, 0.5) is 5.69 Å². The second kappa shape index (κ2) is 8.61. The van der Waals surface area contributed by atoms with Crippen LogP contribution in [0.1, 0.15) is 29.6 Å². The normalized spacial score (nSPS) is 21.3. The molecule has 1 aromatic rings. The van der Waals surface area contributed by atoms with Crippen LogP contribution in [-0.2, 0) is 0 Å². The van der Waals surface area contributed by atoms with Gasteiger partial charge in [0.05, 0.1) is 0 Å². The van der Waals surface area contributed by atoms with Gasteiger partial charge in [0, 0.05) is 30.9 Å². The molecule has 1 aromatic carbocycles. The van der Waals surface area contributed by atoms with Gasteiger partial charge in [-0.15, -0.1) is 24.8 Å². The summed E-state index contributed by atoms with van der Waals surface area (Å²) in [6.07, 6.45) is 3.79. The smallest absolute Gasteiger partial charge is 0.253 e. The lowest BCUT2D eigenvalue weighted by atomic mass is 10.1. The summed E-state index contributed by atoms with van der Waals surface area (Å²) in [5, 5.41) is 0. The number of hydrogen-bond acceptors (Lipinski definition) is 3. The van der Waals surface area contributed by atoms with Crippen molar-refractivity contribution in [2.24, 2.45) is 5.92 Å². The maximum Gasteiger partial charge on any atom is 0.253 e. The quantitative estimate of drug-likeness (QED) is 0.856. The molecular weight excluding hydrogens is 321 g/mol. The van der Waals surface area contributed by atoms with Crippen LogP contribution >= 0.6 is 24.8 Å². The van der Waals surface area contributed by atoms with Gasteiger partial charge in [0.25, 0.3) is 5.91 Å². The number of amides is 1. The van der Waals surface area contributed by atoms with Crippen molar-refractivity contribution in [2.75, 3.05) is 38.5 Å². The molecule has 0 radical (unpaired) electrons. The fourth-order valence-electron chi connectivity index (χ4n) is 3.35. The number of nitrogens with two attached hydrogens (primary N) is 1. The topological polar surface area (TPSA) is 49.6 Å². The van der Waals surface area contributed by atoms with E-state index in [1.54, 1.807) is 6.07 Å². The van der Waals surface area contributed by atoms with Crippen LogP contribution in [0.2, 0.25) is 0 Å². The summed E-state index contributed by atoms with van der Waals surface area (Å²) in [6, 6.07) is 7.29. The van der Waals surface area contributed by atoms with Gasteiger partial charge in [-0.3, -0.25) is 4.79 Å². The number of hydrogen-bond donors (Lipinski definition) is 1. The van der Waals surface area contributed by atoms with Crippen LogP contribution in [0.25, 0.3) is 0 Å². The van der Waals surface area contributed by atoms with Crippen LogP contribution in [0.5, 0.6) is 0 Å². The average Bonchev–Trinajstić information content (AvgIpc) is 3.10. The highest BCUT2D eigenvalue weighted by Crippen LogP contribution is 2.22. The first-order valence-corrected chi connectivity index (χ1v) is 7.59. The van der Waals surface area contributed by atoms with E-state index < -0.39 is 0 Å². The summed E-state index contributed by atoms with van der Waals surface area (Å²) >= 11 is 0. The minimum absolute atomic E-state index is 0. The van der Waals surface area contributed by atoms with E-state index in [0.717, 1.165) is 26.1 Å². The zero-order chi connectivity index (χ0) is 13.9. The van der Waals surface area contributed by atoms with Crippen LogP contribution in [0.15, 0.2) is 24.3 Å². The van der Waals surface area contributed by atoms with E-state index in [1.807, 2.05) is 23.1 Å². The Kier molecular flexibility index (Phi) is 7.46. The van der Waals surface area contributed by atoms with Gasteiger partial charge in [-0.05, 0) is 56.5 Å².